The second-order valence-electron chi connectivity index (χ2n) is 5.07. The predicted octanol–water partition coefficient (Wildman–Crippen LogP) is 3.28. The zero-order chi connectivity index (χ0) is 14.7. The van der Waals surface area contributed by atoms with Gasteiger partial charge in [-0.15, -0.1) is 5.10 Å². The fourth-order valence-corrected chi connectivity index (χ4v) is 2.06. The van der Waals surface area contributed by atoms with Gasteiger partial charge in [-0.05, 0) is 48.0 Å². The Balaban J connectivity index is 2.25. The van der Waals surface area contributed by atoms with Gasteiger partial charge in [-0.1, -0.05) is 37.0 Å². The van der Waals surface area contributed by atoms with E-state index in [1.165, 1.54) is 0 Å². The van der Waals surface area contributed by atoms with Crippen molar-refractivity contribution in [1.82, 2.24) is 25.5 Å². The minimum absolute atomic E-state index is 0.0434. The number of benzene rings is 1. The van der Waals surface area contributed by atoms with Gasteiger partial charge in [0.25, 0.3) is 0 Å². The topological polar surface area (TPSA) is 55.6 Å². The van der Waals surface area contributed by atoms with Gasteiger partial charge in [-0.3, -0.25) is 0 Å². The van der Waals surface area contributed by atoms with Crippen molar-refractivity contribution in [2.45, 2.75) is 26.8 Å². The molecule has 1 N–H and O–H groups in total. The molecule has 0 aliphatic carbocycles. The van der Waals surface area contributed by atoms with Gasteiger partial charge >= 0.3 is 0 Å². The molecule has 1 aromatic heterocycles. The first-order chi connectivity index (χ1) is 9.49. The number of nitrogens with one attached hydrogen (secondary N) is 1. The van der Waals surface area contributed by atoms with E-state index in [1.54, 1.807) is 16.8 Å². The van der Waals surface area contributed by atoms with Crippen LogP contribution in [0.5, 0.6) is 0 Å². The highest BCUT2D eigenvalue weighted by Gasteiger charge is 2.16. The SMILES string of the molecule is CC(C)CNC(C)c1nnnn1-c1ccc(Cl)c(Cl)c1. The van der Waals surface area contributed by atoms with Crippen LogP contribution >= 0.6 is 23.2 Å². The first kappa shape index (κ1) is 15.2. The van der Waals surface area contributed by atoms with Crippen molar-refractivity contribution in [3.8, 4) is 5.69 Å². The summed E-state index contributed by atoms with van der Waals surface area (Å²) in [5.41, 5.74) is 0.789. The van der Waals surface area contributed by atoms with Crippen LogP contribution in [0.4, 0.5) is 0 Å². The molecule has 0 radical (unpaired) electrons. The zero-order valence-corrected chi connectivity index (χ0v) is 13.2. The van der Waals surface area contributed by atoms with Crippen LogP contribution in [0.3, 0.4) is 0 Å². The highest BCUT2D eigenvalue weighted by atomic mass is 35.5. The molecule has 108 valence electrons. The van der Waals surface area contributed by atoms with E-state index in [0.29, 0.717) is 16.0 Å². The summed E-state index contributed by atoms with van der Waals surface area (Å²) in [6.07, 6.45) is 0. The molecule has 0 saturated heterocycles. The molecule has 0 spiro atoms. The van der Waals surface area contributed by atoms with Gasteiger partial charge in [0.1, 0.15) is 0 Å². The van der Waals surface area contributed by atoms with Gasteiger partial charge in [0, 0.05) is 0 Å². The van der Waals surface area contributed by atoms with Crippen LogP contribution in [0.1, 0.15) is 32.6 Å². The number of rotatable bonds is 5. The van der Waals surface area contributed by atoms with Crippen molar-refractivity contribution in [1.29, 1.82) is 0 Å². The van der Waals surface area contributed by atoms with Crippen molar-refractivity contribution >= 4 is 23.2 Å². The van der Waals surface area contributed by atoms with E-state index < -0.39 is 0 Å². The van der Waals surface area contributed by atoms with Crippen LogP contribution in [-0.2, 0) is 0 Å². The number of hydrogen-bond donors (Lipinski definition) is 1. The fraction of sp³-hybridized carbons (Fsp3) is 0.462. The Bertz CT molecular complexity index is 582. The Morgan fingerprint density at radius 1 is 1.20 bits per heavy atom. The highest BCUT2D eigenvalue weighted by molar-refractivity contribution is 6.42. The first-order valence-electron chi connectivity index (χ1n) is 6.46. The van der Waals surface area contributed by atoms with Crippen molar-refractivity contribution in [3.63, 3.8) is 0 Å². The Kier molecular flexibility index (Phi) is 4.96. The summed E-state index contributed by atoms with van der Waals surface area (Å²) in [5.74, 6) is 1.30. The highest BCUT2D eigenvalue weighted by Crippen LogP contribution is 2.25. The Labute approximate surface area is 128 Å². The summed E-state index contributed by atoms with van der Waals surface area (Å²) in [6.45, 7) is 7.24. The number of nitrogens with zero attached hydrogens (tertiary/aromatic N) is 4. The summed E-state index contributed by atoms with van der Waals surface area (Å²) in [4.78, 5) is 0. The molecule has 1 atom stereocenters. The molecule has 0 saturated carbocycles. The molecular weight excluding hydrogens is 297 g/mol. The van der Waals surface area contributed by atoms with Gasteiger partial charge in [-0.2, -0.15) is 4.68 Å². The van der Waals surface area contributed by atoms with E-state index in [1.807, 2.05) is 13.0 Å². The first-order valence-corrected chi connectivity index (χ1v) is 7.21. The average Bonchev–Trinajstić information content (AvgIpc) is 2.88. The van der Waals surface area contributed by atoms with Gasteiger partial charge < -0.3 is 5.32 Å². The summed E-state index contributed by atoms with van der Waals surface area (Å²) >= 11 is 12.0. The van der Waals surface area contributed by atoms with Crippen LogP contribution in [0, 0.1) is 5.92 Å². The molecule has 1 unspecified atom stereocenters. The van der Waals surface area contributed by atoms with E-state index in [4.69, 9.17) is 23.2 Å². The van der Waals surface area contributed by atoms with Gasteiger partial charge in [0.15, 0.2) is 5.82 Å². The maximum absolute atomic E-state index is 6.04. The van der Waals surface area contributed by atoms with Gasteiger partial charge in [0.05, 0.1) is 21.8 Å². The lowest BCUT2D eigenvalue weighted by atomic mass is 10.2. The van der Waals surface area contributed by atoms with E-state index in [2.05, 4.69) is 34.7 Å². The lowest BCUT2D eigenvalue weighted by Crippen LogP contribution is -2.25. The number of hydrogen-bond acceptors (Lipinski definition) is 4. The Morgan fingerprint density at radius 2 is 1.95 bits per heavy atom. The number of halogens is 2. The van der Waals surface area contributed by atoms with Crippen LogP contribution in [0.15, 0.2) is 18.2 Å². The minimum atomic E-state index is 0.0434. The second kappa shape index (κ2) is 6.52. The van der Waals surface area contributed by atoms with Crippen molar-refractivity contribution in [3.05, 3.63) is 34.1 Å². The monoisotopic (exact) mass is 313 g/mol. The second-order valence-corrected chi connectivity index (χ2v) is 5.89. The third-order valence-electron chi connectivity index (χ3n) is 2.86. The van der Waals surface area contributed by atoms with E-state index in [-0.39, 0.29) is 6.04 Å². The minimum Gasteiger partial charge on any atom is -0.307 e. The van der Waals surface area contributed by atoms with E-state index >= 15 is 0 Å². The van der Waals surface area contributed by atoms with Crippen molar-refractivity contribution in [2.75, 3.05) is 6.54 Å². The molecule has 7 heteroatoms. The van der Waals surface area contributed by atoms with E-state index in [0.717, 1.165) is 18.1 Å². The molecule has 5 nitrogen and oxygen atoms in total. The smallest absolute Gasteiger partial charge is 0.173 e. The van der Waals surface area contributed by atoms with E-state index in [9.17, 15) is 0 Å². The third kappa shape index (κ3) is 3.48. The molecular formula is C13H17Cl2N5. The summed E-state index contributed by atoms with van der Waals surface area (Å²) in [7, 11) is 0. The number of aromatic nitrogens is 4. The van der Waals surface area contributed by atoms with Crippen molar-refractivity contribution < 1.29 is 0 Å². The average molecular weight is 314 g/mol. The molecule has 1 aromatic carbocycles. The molecule has 20 heavy (non-hydrogen) atoms. The standard InChI is InChI=1S/C13H17Cl2N5/c1-8(2)7-16-9(3)13-17-18-19-20(13)10-4-5-11(14)12(15)6-10/h4-6,8-9,16H,7H2,1-3H3. The summed E-state index contributed by atoms with van der Waals surface area (Å²) in [6, 6.07) is 5.36. The fourth-order valence-electron chi connectivity index (χ4n) is 1.77. The largest absolute Gasteiger partial charge is 0.307 e. The summed E-state index contributed by atoms with van der Waals surface area (Å²) < 4.78 is 1.67. The molecule has 0 bridgehead atoms. The molecule has 0 fully saturated rings. The van der Waals surface area contributed by atoms with Crippen LogP contribution in [-0.4, -0.2) is 26.8 Å². The predicted molar refractivity (Wildman–Crippen MR) is 80.4 cm³/mol. The Hall–Kier alpha value is -1.17. The maximum atomic E-state index is 6.04. The molecule has 2 aromatic rings. The van der Waals surface area contributed by atoms with Crippen LogP contribution < -0.4 is 5.32 Å². The lowest BCUT2D eigenvalue weighted by molar-refractivity contribution is 0.475. The van der Waals surface area contributed by atoms with Gasteiger partial charge in [0.2, 0.25) is 0 Å². The lowest BCUT2D eigenvalue weighted by Gasteiger charge is -2.15. The summed E-state index contributed by atoms with van der Waals surface area (Å²) in [5, 5.41) is 16.2. The molecule has 0 amide bonds. The van der Waals surface area contributed by atoms with Crippen molar-refractivity contribution in [2.24, 2.45) is 5.92 Å². The van der Waals surface area contributed by atoms with Crippen LogP contribution in [0.2, 0.25) is 10.0 Å². The molecule has 2 rings (SSSR count). The van der Waals surface area contributed by atoms with Crippen LogP contribution in [0.25, 0.3) is 5.69 Å². The Morgan fingerprint density at radius 3 is 2.60 bits per heavy atom. The zero-order valence-electron chi connectivity index (χ0n) is 11.6. The number of tetrazole rings is 1. The third-order valence-corrected chi connectivity index (χ3v) is 3.60. The van der Waals surface area contributed by atoms with Gasteiger partial charge in [-0.25, -0.2) is 0 Å². The molecule has 0 aliphatic rings. The normalized spacial score (nSPS) is 12.9. The molecule has 0 aliphatic heterocycles. The maximum Gasteiger partial charge on any atom is 0.173 e. The molecule has 1 heterocycles. The quantitative estimate of drug-likeness (QED) is 0.920.